The number of nitrogens with zero attached hydrogens (tertiary/aromatic N) is 4. The monoisotopic (exact) mass is 571 g/mol. The molecule has 0 saturated heterocycles. The zero-order valence-electron chi connectivity index (χ0n) is 24.7. The fourth-order valence-corrected chi connectivity index (χ4v) is 7.22. The zero-order valence-corrected chi connectivity index (χ0v) is 24.7. The minimum absolute atomic E-state index is 0.110. The van der Waals surface area contributed by atoms with Crippen LogP contribution in [0, 0.1) is 45.8 Å². The molecule has 1 unspecified atom stereocenters. The van der Waals surface area contributed by atoms with Gasteiger partial charge in [-0.3, -0.25) is 0 Å². The molecule has 0 fully saturated rings. The number of benzene rings is 1. The van der Waals surface area contributed by atoms with E-state index in [4.69, 9.17) is 0 Å². The van der Waals surface area contributed by atoms with Crippen LogP contribution in [0.1, 0.15) is 79.4 Å². The number of allylic oxidation sites excluding steroid dienone is 11. The third-order valence-corrected chi connectivity index (χ3v) is 9.49. The summed E-state index contributed by atoms with van der Waals surface area (Å²) in [5.74, 6) is 0.290. The van der Waals surface area contributed by atoms with E-state index in [1.54, 1.807) is 0 Å². The van der Waals surface area contributed by atoms with Crippen molar-refractivity contribution in [2.24, 2.45) is 11.8 Å². The van der Waals surface area contributed by atoms with Crippen molar-refractivity contribution in [2.75, 3.05) is 0 Å². The Bertz CT molecular complexity index is 1940. The van der Waals surface area contributed by atoms with Crippen molar-refractivity contribution in [1.82, 2.24) is 9.88 Å². The Morgan fingerprint density at radius 1 is 0.909 bits per heavy atom. The third kappa shape index (κ3) is 5.01. The van der Waals surface area contributed by atoms with Crippen LogP contribution in [0.15, 0.2) is 94.1 Å². The van der Waals surface area contributed by atoms with Crippen LogP contribution in [0.4, 0.5) is 0 Å². The number of para-hydroxylation sites is 1. The number of aromatic nitrogens is 1. The standard InChI is InChI=1S/C39H33N5/c40-23-26-14-17-32(18-15-26)43-36-19-16-27(24-41)20-34(36)30-9-3-7-28(21-30)29-8-4-12-39-35(22-29)33-10-5-13-38(33)44(39)37-11-2-1-6-31(37)25-42/h1-3,6-7,10-11,13,17,20-22,26,30,43H,4,8-9,12,14-16,18-19H2/t26?,30-/m0/s1. The molecule has 2 atom stereocenters. The van der Waals surface area contributed by atoms with Crippen LogP contribution < -0.4 is 5.32 Å². The number of hydrogen-bond acceptors (Lipinski definition) is 4. The summed E-state index contributed by atoms with van der Waals surface area (Å²) in [5, 5.41) is 32.7. The largest absolute Gasteiger partial charge is 0.362 e. The van der Waals surface area contributed by atoms with Gasteiger partial charge >= 0.3 is 0 Å². The fourth-order valence-electron chi connectivity index (χ4n) is 7.22. The predicted octanol–water partition coefficient (Wildman–Crippen LogP) is 8.51. The summed E-state index contributed by atoms with van der Waals surface area (Å²) in [4.78, 5) is 0. The quantitative estimate of drug-likeness (QED) is 0.311. The van der Waals surface area contributed by atoms with Gasteiger partial charge in [0.2, 0.25) is 0 Å². The lowest BCUT2D eigenvalue weighted by molar-refractivity contribution is 0.556. The molecule has 5 aliphatic carbocycles. The van der Waals surface area contributed by atoms with Gasteiger partial charge < -0.3 is 9.88 Å². The molecule has 0 aliphatic heterocycles. The Morgan fingerprint density at radius 3 is 2.64 bits per heavy atom. The highest BCUT2D eigenvalue weighted by Crippen LogP contribution is 2.41. The molecule has 7 rings (SSSR count). The van der Waals surface area contributed by atoms with Crippen molar-refractivity contribution in [1.29, 1.82) is 15.8 Å². The molecule has 0 amide bonds. The van der Waals surface area contributed by atoms with Gasteiger partial charge in [0.1, 0.15) is 6.07 Å². The van der Waals surface area contributed by atoms with Crippen molar-refractivity contribution < 1.29 is 0 Å². The Balaban J connectivity index is 1.26. The lowest BCUT2D eigenvalue weighted by Crippen LogP contribution is -2.22. The van der Waals surface area contributed by atoms with Crippen LogP contribution in [0.25, 0.3) is 23.9 Å². The van der Waals surface area contributed by atoms with Gasteiger partial charge in [0.05, 0.1) is 35.0 Å². The van der Waals surface area contributed by atoms with Crippen molar-refractivity contribution in [3.8, 4) is 23.9 Å². The van der Waals surface area contributed by atoms with E-state index in [-0.39, 0.29) is 11.8 Å². The van der Waals surface area contributed by atoms with Crippen LogP contribution >= 0.6 is 0 Å². The summed E-state index contributed by atoms with van der Waals surface area (Å²) in [6.45, 7) is 0. The molecule has 1 N–H and O–H groups in total. The van der Waals surface area contributed by atoms with E-state index < -0.39 is 0 Å². The maximum atomic E-state index is 9.86. The molecule has 1 aromatic heterocycles. The summed E-state index contributed by atoms with van der Waals surface area (Å²) < 4.78 is 2.27. The van der Waals surface area contributed by atoms with E-state index in [0.29, 0.717) is 5.56 Å². The van der Waals surface area contributed by atoms with E-state index >= 15 is 0 Å². The normalized spacial score (nSPS) is 21.9. The second-order valence-electron chi connectivity index (χ2n) is 12.1. The number of rotatable bonds is 5. The first-order valence-electron chi connectivity index (χ1n) is 15.6. The number of nitriles is 3. The Morgan fingerprint density at radius 2 is 1.82 bits per heavy atom. The van der Waals surface area contributed by atoms with E-state index in [0.717, 1.165) is 74.7 Å². The van der Waals surface area contributed by atoms with Crippen molar-refractivity contribution >= 4 is 18.2 Å². The molecule has 2 aromatic rings. The highest BCUT2D eigenvalue weighted by atomic mass is 15.0. The van der Waals surface area contributed by atoms with Crippen LogP contribution in [-0.4, -0.2) is 4.57 Å². The van der Waals surface area contributed by atoms with Crippen LogP contribution in [0.3, 0.4) is 0 Å². The maximum absolute atomic E-state index is 9.86. The number of nitrogens with one attached hydrogen (secondary N) is 1. The van der Waals surface area contributed by atoms with Gasteiger partial charge in [-0.05, 0) is 105 Å². The van der Waals surface area contributed by atoms with E-state index in [1.807, 2.05) is 30.3 Å². The second kappa shape index (κ2) is 11.8. The third-order valence-electron chi connectivity index (χ3n) is 9.49. The predicted molar refractivity (Wildman–Crippen MR) is 173 cm³/mol. The first-order valence-corrected chi connectivity index (χ1v) is 15.6. The van der Waals surface area contributed by atoms with Crippen LogP contribution in [-0.2, 0) is 6.42 Å². The van der Waals surface area contributed by atoms with Gasteiger partial charge in [0, 0.05) is 45.8 Å². The molecule has 0 spiro atoms. The van der Waals surface area contributed by atoms with Gasteiger partial charge in [-0.15, -0.1) is 5.73 Å². The minimum Gasteiger partial charge on any atom is -0.362 e. The molecule has 0 radical (unpaired) electrons. The number of fused-ring (bicyclic) bond motifs is 3. The highest BCUT2D eigenvalue weighted by molar-refractivity contribution is 5.83. The molecular formula is C39H33N5. The molecule has 44 heavy (non-hydrogen) atoms. The van der Waals surface area contributed by atoms with Gasteiger partial charge in [-0.25, -0.2) is 0 Å². The fraction of sp³-hybridized carbons (Fsp3) is 0.282. The number of hydrogen-bond donors (Lipinski definition) is 1. The SMILES string of the molecule is N#CC1=CC([C@@H]2C=C(C3=Cc4c5c(n(-c6ccccc6C#N)c4CCC3)C=C=C5)C=CC2)=C(NC2=CCC(C#N)CC2)CC1. The van der Waals surface area contributed by atoms with Crippen molar-refractivity contribution in [2.45, 2.75) is 57.8 Å². The molecule has 5 aliphatic rings. The Kier molecular flexibility index (Phi) is 7.38. The van der Waals surface area contributed by atoms with Crippen LogP contribution in [0.2, 0.25) is 0 Å². The Labute approximate surface area is 259 Å². The molecule has 0 bridgehead atoms. The zero-order chi connectivity index (χ0) is 30.0. The smallest absolute Gasteiger partial charge is 0.101 e. The van der Waals surface area contributed by atoms with Gasteiger partial charge in [0.25, 0.3) is 0 Å². The molecule has 214 valence electrons. The van der Waals surface area contributed by atoms with Gasteiger partial charge in [0.15, 0.2) is 0 Å². The van der Waals surface area contributed by atoms with Crippen molar-refractivity contribution in [3.63, 3.8) is 0 Å². The summed E-state index contributed by atoms with van der Waals surface area (Å²) in [7, 11) is 0. The van der Waals surface area contributed by atoms with Crippen molar-refractivity contribution in [3.05, 3.63) is 122 Å². The average Bonchev–Trinajstić information content (AvgIpc) is 3.58. The average molecular weight is 572 g/mol. The summed E-state index contributed by atoms with van der Waals surface area (Å²) in [5.41, 5.74) is 16.7. The molecular weight excluding hydrogens is 538 g/mol. The molecule has 5 nitrogen and oxygen atoms in total. The second-order valence-corrected chi connectivity index (χ2v) is 12.1. The molecule has 1 heterocycles. The molecule has 0 saturated carbocycles. The van der Waals surface area contributed by atoms with Gasteiger partial charge in [-0.2, -0.15) is 15.8 Å². The van der Waals surface area contributed by atoms with E-state index in [1.165, 1.54) is 44.9 Å². The highest BCUT2D eigenvalue weighted by Gasteiger charge is 2.27. The summed E-state index contributed by atoms with van der Waals surface area (Å²) >= 11 is 0. The van der Waals surface area contributed by atoms with E-state index in [2.05, 4.69) is 76.4 Å². The first kappa shape index (κ1) is 27.6. The topological polar surface area (TPSA) is 88.3 Å². The van der Waals surface area contributed by atoms with E-state index in [9.17, 15) is 15.8 Å². The lowest BCUT2D eigenvalue weighted by Gasteiger charge is -2.28. The molecule has 5 heteroatoms. The Hall–Kier alpha value is -5.27. The minimum atomic E-state index is 0.110. The first-order chi connectivity index (χ1) is 21.7. The molecule has 1 aromatic carbocycles. The maximum Gasteiger partial charge on any atom is 0.101 e. The summed E-state index contributed by atoms with van der Waals surface area (Å²) in [6.07, 6.45) is 25.7. The van der Waals surface area contributed by atoms with Gasteiger partial charge in [-0.1, -0.05) is 36.4 Å². The lowest BCUT2D eigenvalue weighted by atomic mass is 9.81. The van der Waals surface area contributed by atoms with Crippen LogP contribution in [0.5, 0.6) is 0 Å². The summed E-state index contributed by atoms with van der Waals surface area (Å²) in [6, 6.07) is 15.1.